The molecule has 0 radical (unpaired) electrons. The molecule has 1 aromatic heterocycles. The molecule has 0 saturated carbocycles. The number of fused-ring (bicyclic) bond motifs is 1. The molecule has 0 aliphatic carbocycles. The van der Waals surface area contributed by atoms with Crippen molar-refractivity contribution in [3.8, 4) is 0 Å². The van der Waals surface area contributed by atoms with E-state index in [0.717, 1.165) is 55.4 Å². The van der Waals surface area contributed by atoms with Crippen LogP contribution in [0.4, 0.5) is 11.6 Å². The largest absolute Gasteiger partial charge is 0.338 e. The fourth-order valence-electron chi connectivity index (χ4n) is 3.76. The first-order valence-corrected chi connectivity index (χ1v) is 9.30. The maximum atomic E-state index is 12.7. The predicted octanol–water partition coefficient (Wildman–Crippen LogP) is 1.39. The van der Waals surface area contributed by atoms with Gasteiger partial charge < -0.3 is 9.80 Å². The minimum Gasteiger partial charge on any atom is -0.338 e. The van der Waals surface area contributed by atoms with Crippen LogP contribution in [-0.2, 0) is 11.2 Å². The summed E-state index contributed by atoms with van der Waals surface area (Å²) in [5.41, 5.74) is 2.76. The quantitative estimate of drug-likeness (QED) is 0.763. The SMILES string of the molecule is CC(=O)N1CCc2cc(C(=O)CN3CCN(c4ncccn4)CC3)ccc21. The van der Waals surface area contributed by atoms with Gasteiger partial charge in [0.2, 0.25) is 11.9 Å². The molecule has 27 heavy (non-hydrogen) atoms. The number of carbonyl (C=O) groups excluding carboxylic acids is 2. The molecule has 2 aliphatic rings. The minimum atomic E-state index is 0.0492. The monoisotopic (exact) mass is 365 g/mol. The lowest BCUT2D eigenvalue weighted by Crippen LogP contribution is -2.48. The van der Waals surface area contributed by atoms with Gasteiger partial charge in [-0.25, -0.2) is 9.97 Å². The van der Waals surface area contributed by atoms with Crippen molar-refractivity contribution >= 4 is 23.3 Å². The number of piperazine rings is 1. The van der Waals surface area contributed by atoms with Crippen molar-refractivity contribution in [2.75, 3.05) is 49.1 Å². The number of nitrogens with zero attached hydrogens (tertiary/aromatic N) is 5. The van der Waals surface area contributed by atoms with Crippen molar-refractivity contribution in [1.29, 1.82) is 0 Å². The minimum absolute atomic E-state index is 0.0492. The third-order valence-electron chi connectivity index (χ3n) is 5.25. The fourth-order valence-corrected chi connectivity index (χ4v) is 3.76. The van der Waals surface area contributed by atoms with E-state index in [1.165, 1.54) is 0 Å². The highest BCUT2D eigenvalue weighted by atomic mass is 16.2. The van der Waals surface area contributed by atoms with Crippen LogP contribution in [0.5, 0.6) is 0 Å². The van der Waals surface area contributed by atoms with Crippen LogP contribution in [0.3, 0.4) is 0 Å². The summed E-state index contributed by atoms with van der Waals surface area (Å²) in [6, 6.07) is 7.51. The zero-order valence-electron chi connectivity index (χ0n) is 15.5. The highest BCUT2D eigenvalue weighted by molar-refractivity contribution is 6.00. The summed E-state index contributed by atoms with van der Waals surface area (Å²) >= 11 is 0. The number of Topliss-reactive ketones (excluding diaryl/α,β-unsaturated/α-hetero) is 1. The molecule has 1 saturated heterocycles. The second-order valence-electron chi connectivity index (χ2n) is 7.00. The van der Waals surface area contributed by atoms with Crippen molar-refractivity contribution in [3.05, 3.63) is 47.8 Å². The predicted molar refractivity (Wildman–Crippen MR) is 103 cm³/mol. The van der Waals surface area contributed by atoms with Gasteiger partial charge >= 0.3 is 0 Å². The highest BCUT2D eigenvalue weighted by Gasteiger charge is 2.24. The number of anilines is 2. The normalized spacial score (nSPS) is 17.1. The molecule has 1 fully saturated rings. The van der Waals surface area contributed by atoms with E-state index in [1.54, 1.807) is 24.2 Å². The maximum absolute atomic E-state index is 12.7. The number of amides is 1. The summed E-state index contributed by atoms with van der Waals surface area (Å²) in [5.74, 6) is 0.925. The van der Waals surface area contributed by atoms with Gasteiger partial charge in [0.15, 0.2) is 5.78 Å². The molecule has 3 heterocycles. The van der Waals surface area contributed by atoms with E-state index in [-0.39, 0.29) is 11.7 Å². The van der Waals surface area contributed by atoms with Crippen LogP contribution in [0, 0.1) is 0 Å². The van der Waals surface area contributed by atoms with E-state index in [9.17, 15) is 9.59 Å². The molecule has 0 spiro atoms. The van der Waals surface area contributed by atoms with Crippen LogP contribution >= 0.6 is 0 Å². The topological polar surface area (TPSA) is 69.6 Å². The zero-order chi connectivity index (χ0) is 18.8. The highest BCUT2D eigenvalue weighted by Crippen LogP contribution is 2.29. The average molecular weight is 365 g/mol. The molecular weight excluding hydrogens is 342 g/mol. The lowest BCUT2D eigenvalue weighted by atomic mass is 10.0. The Kier molecular flexibility index (Phi) is 4.85. The van der Waals surface area contributed by atoms with E-state index in [0.29, 0.717) is 13.1 Å². The number of ketones is 1. The molecule has 2 aliphatic heterocycles. The lowest BCUT2D eigenvalue weighted by molar-refractivity contribution is -0.116. The Morgan fingerprint density at radius 3 is 2.48 bits per heavy atom. The average Bonchev–Trinajstić information content (AvgIpc) is 3.13. The second kappa shape index (κ2) is 7.44. The molecule has 0 N–H and O–H groups in total. The van der Waals surface area contributed by atoms with E-state index in [4.69, 9.17) is 0 Å². The second-order valence-corrected chi connectivity index (χ2v) is 7.00. The number of rotatable bonds is 4. The van der Waals surface area contributed by atoms with E-state index >= 15 is 0 Å². The third-order valence-corrected chi connectivity index (χ3v) is 5.25. The Hall–Kier alpha value is -2.80. The molecule has 1 aromatic carbocycles. The van der Waals surface area contributed by atoms with Crippen molar-refractivity contribution < 1.29 is 9.59 Å². The molecule has 1 amide bonds. The summed E-state index contributed by atoms with van der Waals surface area (Å²) in [6.45, 7) is 5.95. The van der Waals surface area contributed by atoms with Gasteiger partial charge in [0.25, 0.3) is 0 Å². The zero-order valence-corrected chi connectivity index (χ0v) is 15.5. The van der Waals surface area contributed by atoms with Gasteiger partial charge in [0.05, 0.1) is 6.54 Å². The molecule has 0 bridgehead atoms. The molecule has 7 heteroatoms. The van der Waals surface area contributed by atoms with Gasteiger partial charge in [-0.1, -0.05) is 0 Å². The summed E-state index contributed by atoms with van der Waals surface area (Å²) in [6.07, 6.45) is 4.31. The number of hydrogen-bond acceptors (Lipinski definition) is 6. The van der Waals surface area contributed by atoms with Crippen molar-refractivity contribution in [2.24, 2.45) is 0 Å². The van der Waals surface area contributed by atoms with Gasteiger partial charge in [-0.05, 0) is 36.2 Å². The summed E-state index contributed by atoms with van der Waals surface area (Å²) < 4.78 is 0. The van der Waals surface area contributed by atoms with Crippen LogP contribution in [0.1, 0.15) is 22.8 Å². The van der Waals surface area contributed by atoms with Crippen molar-refractivity contribution in [3.63, 3.8) is 0 Å². The Morgan fingerprint density at radius 2 is 1.78 bits per heavy atom. The molecule has 4 rings (SSSR count). The maximum Gasteiger partial charge on any atom is 0.225 e. The molecule has 0 atom stereocenters. The first kappa shape index (κ1) is 17.6. The molecule has 7 nitrogen and oxygen atoms in total. The van der Waals surface area contributed by atoms with Crippen LogP contribution in [0.25, 0.3) is 0 Å². The Balaban J connectivity index is 1.36. The summed E-state index contributed by atoms with van der Waals surface area (Å²) in [7, 11) is 0. The summed E-state index contributed by atoms with van der Waals surface area (Å²) in [4.78, 5) is 39.1. The van der Waals surface area contributed by atoms with Crippen LogP contribution in [0.15, 0.2) is 36.7 Å². The van der Waals surface area contributed by atoms with Crippen molar-refractivity contribution in [1.82, 2.24) is 14.9 Å². The van der Waals surface area contributed by atoms with Crippen molar-refractivity contribution in [2.45, 2.75) is 13.3 Å². The van der Waals surface area contributed by atoms with E-state index in [2.05, 4.69) is 19.8 Å². The first-order chi connectivity index (χ1) is 13.1. The van der Waals surface area contributed by atoms with Gasteiger partial charge in [-0.2, -0.15) is 0 Å². The summed E-state index contributed by atoms with van der Waals surface area (Å²) in [5, 5.41) is 0. The molecule has 0 unspecified atom stereocenters. The number of hydrogen-bond donors (Lipinski definition) is 0. The smallest absolute Gasteiger partial charge is 0.225 e. The Morgan fingerprint density at radius 1 is 1.04 bits per heavy atom. The van der Waals surface area contributed by atoms with Gasteiger partial charge in [0, 0.05) is 63.3 Å². The molecule has 140 valence electrons. The third kappa shape index (κ3) is 3.68. The number of carbonyl (C=O) groups is 2. The molecule has 2 aromatic rings. The Bertz CT molecular complexity index is 847. The van der Waals surface area contributed by atoms with Gasteiger partial charge in [-0.3, -0.25) is 14.5 Å². The number of aromatic nitrogens is 2. The van der Waals surface area contributed by atoms with Crippen LogP contribution < -0.4 is 9.80 Å². The van der Waals surface area contributed by atoms with Crippen LogP contribution in [-0.4, -0.2) is 65.8 Å². The van der Waals surface area contributed by atoms with Gasteiger partial charge in [0.1, 0.15) is 0 Å². The Labute approximate surface area is 158 Å². The lowest BCUT2D eigenvalue weighted by Gasteiger charge is -2.34. The first-order valence-electron chi connectivity index (χ1n) is 9.30. The van der Waals surface area contributed by atoms with E-state index < -0.39 is 0 Å². The van der Waals surface area contributed by atoms with E-state index in [1.807, 2.05) is 24.3 Å². The van der Waals surface area contributed by atoms with Crippen LogP contribution in [0.2, 0.25) is 0 Å². The standard InChI is InChI=1S/C20H23N5O2/c1-15(26)25-8-5-16-13-17(3-4-18(16)25)19(27)14-23-9-11-24(12-10-23)20-21-6-2-7-22-20/h2-4,6-7,13H,5,8-12,14H2,1H3. The fraction of sp³-hybridized carbons (Fsp3) is 0.400. The molecular formula is C20H23N5O2. The van der Waals surface area contributed by atoms with Gasteiger partial charge in [-0.15, -0.1) is 0 Å². The number of benzene rings is 1.